The number of aromatic nitrogens is 2. The first kappa shape index (κ1) is 16.9. The SMILES string of the molecule is CCCC[C@H](NC(=O)OCc1ccccc1)c1nccc(C)n1. The molecular weight excluding hydrogens is 290 g/mol. The average Bonchev–Trinajstić information content (AvgIpc) is 2.57. The van der Waals surface area contributed by atoms with E-state index in [4.69, 9.17) is 4.74 Å². The summed E-state index contributed by atoms with van der Waals surface area (Å²) in [5.41, 5.74) is 1.84. The summed E-state index contributed by atoms with van der Waals surface area (Å²) in [6.45, 7) is 4.28. The number of ether oxygens (including phenoxy) is 1. The molecule has 1 amide bonds. The highest BCUT2D eigenvalue weighted by molar-refractivity contribution is 5.67. The Kier molecular flexibility index (Phi) is 6.54. The van der Waals surface area contributed by atoms with E-state index in [0.717, 1.165) is 30.5 Å². The van der Waals surface area contributed by atoms with Gasteiger partial charge in [0, 0.05) is 11.9 Å². The lowest BCUT2D eigenvalue weighted by atomic mass is 10.1. The number of alkyl carbamates (subject to hydrolysis) is 1. The van der Waals surface area contributed by atoms with Gasteiger partial charge in [0.05, 0.1) is 6.04 Å². The molecule has 0 unspecified atom stereocenters. The third-order valence-corrected chi connectivity index (χ3v) is 3.48. The van der Waals surface area contributed by atoms with Gasteiger partial charge in [-0.2, -0.15) is 0 Å². The molecule has 1 N–H and O–H groups in total. The van der Waals surface area contributed by atoms with Crippen LogP contribution < -0.4 is 5.32 Å². The summed E-state index contributed by atoms with van der Waals surface area (Å²) in [7, 11) is 0. The van der Waals surface area contributed by atoms with Gasteiger partial charge in [-0.25, -0.2) is 14.8 Å². The number of amides is 1. The Labute approximate surface area is 137 Å². The lowest BCUT2D eigenvalue weighted by Gasteiger charge is -2.17. The number of carbonyl (C=O) groups is 1. The molecule has 1 atom stereocenters. The van der Waals surface area contributed by atoms with Crippen LogP contribution in [0.1, 0.15) is 49.3 Å². The second-order valence-electron chi connectivity index (χ2n) is 5.46. The van der Waals surface area contributed by atoms with Crippen LogP contribution in [0.25, 0.3) is 0 Å². The summed E-state index contributed by atoms with van der Waals surface area (Å²) < 4.78 is 5.28. The van der Waals surface area contributed by atoms with E-state index in [1.807, 2.05) is 43.3 Å². The Hall–Kier alpha value is -2.43. The topological polar surface area (TPSA) is 64.1 Å². The number of nitrogens with zero attached hydrogens (tertiary/aromatic N) is 2. The first-order valence-corrected chi connectivity index (χ1v) is 7.95. The lowest BCUT2D eigenvalue weighted by Crippen LogP contribution is -2.30. The maximum absolute atomic E-state index is 12.1. The number of nitrogens with one attached hydrogen (secondary N) is 1. The molecule has 5 nitrogen and oxygen atoms in total. The number of aryl methyl sites for hydroxylation is 1. The van der Waals surface area contributed by atoms with Crippen molar-refractivity contribution >= 4 is 6.09 Å². The molecule has 2 rings (SSSR count). The van der Waals surface area contributed by atoms with E-state index in [9.17, 15) is 4.79 Å². The van der Waals surface area contributed by atoms with Crippen molar-refractivity contribution in [3.05, 3.63) is 59.7 Å². The van der Waals surface area contributed by atoms with Gasteiger partial charge in [-0.05, 0) is 25.0 Å². The predicted molar refractivity (Wildman–Crippen MR) is 88.8 cm³/mol. The van der Waals surface area contributed by atoms with Gasteiger partial charge >= 0.3 is 6.09 Å². The summed E-state index contributed by atoms with van der Waals surface area (Å²) in [6.07, 6.45) is 4.10. The number of benzene rings is 1. The van der Waals surface area contributed by atoms with Gasteiger partial charge in [-0.15, -0.1) is 0 Å². The Bertz CT molecular complexity index is 617. The second-order valence-corrected chi connectivity index (χ2v) is 5.46. The largest absolute Gasteiger partial charge is 0.445 e. The number of carbonyl (C=O) groups excluding carboxylic acids is 1. The molecule has 0 radical (unpaired) electrons. The fourth-order valence-electron chi connectivity index (χ4n) is 2.22. The van der Waals surface area contributed by atoms with Crippen LogP contribution in [0.5, 0.6) is 0 Å². The molecule has 122 valence electrons. The zero-order valence-electron chi connectivity index (χ0n) is 13.7. The molecule has 5 heteroatoms. The second kappa shape index (κ2) is 8.88. The molecule has 0 aliphatic heterocycles. The third kappa shape index (κ3) is 5.70. The van der Waals surface area contributed by atoms with Gasteiger partial charge in [0.15, 0.2) is 5.82 Å². The van der Waals surface area contributed by atoms with E-state index in [1.165, 1.54) is 0 Å². The van der Waals surface area contributed by atoms with Gasteiger partial charge in [0.2, 0.25) is 0 Å². The molecule has 0 bridgehead atoms. The van der Waals surface area contributed by atoms with Gasteiger partial charge in [-0.1, -0.05) is 50.1 Å². The fourth-order valence-corrected chi connectivity index (χ4v) is 2.22. The van der Waals surface area contributed by atoms with Crippen LogP contribution in [0.3, 0.4) is 0 Å². The molecule has 0 aliphatic carbocycles. The van der Waals surface area contributed by atoms with Crippen LogP contribution in [0, 0.1) is 6.92 Å². The monoisotopic (exact) mass is 313 g/mol. The number of hydrogen-bond acceptors (Lipinski definition) is 4. The van der Waals surface area contributed by atoms with Crippen molar-refractivity contribution < 1.29 is 9.53 Å². The van der Waals surface area contributed by atoms with Crippen LogP contribution >= 0.6 is 0 Å². The molecule has 1 heterocycles. The highest BCUT2D eigenvalue weighted by Crippen LogP contribution is 2.16. The maximum atomic E-state index is 12.1. The van der Waals surface area contributed by atoms with Crippen molar-refractivity contribution in [3.8, 4) is 0 Å². The maximum Gasteiger partial charge on any atom is 0.408 e. The molecule has 0 fully saturated rings. The molecule has 2 aromatic rings. The van der Waals surface area contributed by atoms with Crippen LogP contribution in [-0.2, 0) is 11.3 Å². The highest BCUT2D eigenvalue weighted by atomic mass is 16.5. The average molecular weight is 313 g/mol. The minimum atomic E-state index is -0.444. The smallest absolute Gasteiger partial charge is 0.408 e. The Balaban J connectivity index is 1.95. The molecule has 0 saturated heterocycles. The quantitative estimate of drug-likeness (QED) is 0.841. The summed E-state index contributed by atoms with van der Waals surface area (Å²) in [4.78, 5) is 20.8. The first-order chi connectivity index (χ1) is 11.2. The van der Waals surface area contributed by atoms with Crippen molar-refractivity contribution in [1.29, 1.82) is 0 Å². The standard InChI is InChI=1S/C18H23N3O2/c1-3-4-10-16(17-19-12-11-14(2)20-17)21-18(22)23-13-15-8-6-5-7-9-15/h5-9,11-12,16H,3-4,10,13H2,1-2H3,(H,21,22)/t16-/m0/s1. The molecule has 23 heavy (non-hydrogen) atoms. The number of unbranched alkanes of at least 4 members (excludes halogenated alkanes) is 1. The van der Waals surface area contributed by atoms with E-state index in [-0.39, 0.29) is 12.6 Å². The van der Waals surface area contributed by atoms with E-state index in [2.05, 4.69) is 22.2 Å². The van der Waals surface area contributed by atoms with E-state index in [0.29, 0.717) is 5.82 Å². The summed E-state index contributed by atoms with van der Waals surface area (Å²) in [6, 6.07) is 11.2. The molecule has 0 aliphatic rings. The molecule has 0 saturated carbocycles. The van der Waals surface area contributed by atoms with Crippen molar-refractivity contribution in [1.82, 2.24) is 15.3 Å². The number of rotatable bonds is 7. The summed E-state index contributed by atoms with van der Waals surface area (Å²) >= 11 is 0. The van der Waals surface area contributed by atoms with Gasteiger partial charge in [0.1, 0.15) is 6.61 Å². The Morgan fingerprint density at radius 3 is 2.74 bits per heavy atom. The lowest BCUT2D eigenvalue weighted by molar-refractivity contribution is 0.134. The van der Waals surface area contributed by atoms with Crippen molar-refractivity contribution in [2.75, 3.05) is 0 Å². The normalized spacial score (nSPS) is 11.7. The molecular formula is C18H23N3O2. The number of hydrogen-bond donors (Lipinski definition) is 1. The zero-order valence-corrected chi connectivity index (χ0v) is 13.7. The van der Waals surface area contributed by atoms with Crippen LogP contribution in [0.4, 0.5) is 4.79 Å². The minimum absolute atomic E-state index is 0.224. The Morgan fingerprint density at radius 2 is 2.04 bits per heavy atom. The van der Waals surface area contributed by atoms with Gasteiger partial charge in [-0.3, -0.25) is 0 Å². The molecule has 1 aromatic carbocycles. The van der Waals surface area contributed by atoms with E-state index < -0.39 is 6.09 Å². The van der Waals surface area contributed by atoms with Crippen molar-refractivity contribution in [3.63, 3.8) is 0 Å². The first-order valence-electron chi connectivity index (χ1n) is 7.95. The van der Waals surface area contributed by atoms with Crippen LogP contribution in [0.15, 0.2) is 42.6 Å². The van der Waals surface area contributed by atoms with Crippen LogP contribution in [0.2, 0.25) is 0 Å². The summed E-state index contributed by atoms with van der Waals surface area (Å²) in [5, 5.41) is 2.88. The third-order valence-electron chi connectivity index (χ3n) is 3.48. The van der Waals surface area contributed by atoms with E-state index in [1.54, 1.807) is 6.20 Å². The molecule has 1 aromatic heterocycles. The predicted octanol–water partition coefficient (Wildman–Crippen LogP) is 3.94. The van der Waals surface area contributed by atoms with Crippen molar-refractivity contribution in [2.45, 2.75) is 45.8 Å². The van der Waals surface area contributed by atoms with Crippen molar-refractivity contribution in [2.24, 2.45) is 0 Å². The highest BCUT2D eigenvalue weighted by Gasteiger charge is 2.17. The zero-order chi connectivity index (χ0) is 16.5. The minimum Gasteiger partial charge on any atom is -0.445 e. The fraction of sp³-hybridized carbons (Fsp3) is 0.389. The van der Waals surface area contributed by atoms with Crippen LogP contribution in [-0.4, -0.2) is 16.1 Å². The van der Waals surface area contributed by atoms with Gasteiger partial charge < -0.3 is 10.1 Å². The van der Waals surface area contributed by atoms with E-state index >= 15 is 0 Å². The summed E-state index contributed by atoms with van der Waals surface area (Å²) in [5.74, 6) is 0.634. The molecule has 0 spiro atoms. The Morgan fingerprint density at radius 1 is 1.26 bits per heavy atom. The van der Waals surface area contributed by atoms with Gasteiger partial charge in [0.25, 0.3) is 0 Å².